The van der Waals surface area contributed by atoms with E-state index in [4.69, 9.17) is 5.11 Å². The van der Waals surface area contributed by atoms with E-state index in [1.165, 1.54) is 29.5 Å². The van der Waals surface area contributed by atoms with E-state index in [0.717, 1.165) is 16.8 Å². The van der Waals surface area contributed by atoms with Crippen molar-refractivity contribution in [2.45, 2.75) is 16.2 Å². The van der Waals surface area contributed by atoms with Crippen LogP contribution in [-0.4, -0.2) is 26.2 Å². The maximum atomic E-state index is 10.9. The van der Waals surface area contributed by atoms with Gasteiger partial charge in [-0.25, -0.2) is 4.79 Å². The molecule has 0 atom stereocenters. The average Bonchev–Trinajstić information content (AvgIpc) is 2.74. The first-order chi connectivity index (χ1) is 8.97. The Balaban J connectivity index is 2.42. The van der Waals surface area contributed by atoms with Crippen LogP contribution in [0.25, 0.3) is 0 Å². The lowest BCUT2D eigenvalue weighted by Crippen LogP contribution is -1.98. The molecule has 1 heterocycles. The van der Waals surface area contributed by atoms with Crippen molar-refractivity contribution in [3.8, 4) is 0 Å². The first-order valence-electron chi connectivity index (χ1n) is 4.97. The second kappa shape index (κ2) is 5.33. The number of hydrogen-bond donors (Lipinski definition) is 1. The monoisotopic (exact) mass is 297 g/mol. The summed E-state index contributed by atoms with van der Waals surface area (Å²) < 4.78 is 0.531. The van der Waals surface area contributed by atoms with Crippen LogP contribution in [0, 0.1) is 17.0 Å². The third-order valence-electron chi connectivity index (χ3n) is 2.11. The molecule has 0 saturated heterocycles. The highest BCUT2D eigenvalue weighted by Crippen LogP contribution is 2.36. The molecule has 1 aromatic heterocycles. The van der Waals surface area contributed by atoms with Crippen molar-refractivity contribution in [3.63, 3.8) is 0 Å². The molecule has 98 valence electrons. The van der Waals surface area contributed by atoms with Crippen molar-refractivity contribution in [1.29, 1.82) is 0 Å². The summed E-state index contributed by atoms with van der Waals surface area (Å²) in [5, 5.41) is 28.2. The van der Waals surface area contributed by atoms with Gasteiger partial charge in [-0.15, -0.1) is 10.2 Å². The first-order valence-corrected chi connectivity index (χ1v) is 6.60. The Bertz CT molecular complexity index is 656. The second-order valence-corrected chi connectivity index (χ2v) is 5.90. The molecule has 0 bridgehead atoms. The normalized spacial score (nSPS) is 10.4. The molecule has 0 spiro atoms. The number of carboxylic acid groups (broad SMARTS) is 1. The van der Waals surface area contributed by atoms with Crippen LogP contribution in [0.3, 0.4) is 0 Å². The van der Waals surface area contributed by atoms with Crippen molar-refractivity contribution in [2.75, 3.05) is 0 Å². The van der Waals surface area contributed by atoms with Crippen molar-refractivity contribution < 1.29 is 14.8 Å². The van der Waals surface area contributed by atoms with Gasteiger partial charge in [0.2, 0.25) is 0 Å². The number of nitro groups is 1. The van der Waals surface area contributed by atoms with Gasteiger partial charge in [0.25, 0.3) is 5.69 Å². The largest absolute Gasteiger partial charge is 0.478 e. The van der Waals surface area contributed by atoms with Gasteiger partial charge < -0.3 is 5.11 Å². The van der Waals surface area contributed by atoms with Gasteiger partial charge in [-0.3, -0.25) is 10.1 Å². The Hall–Kier alpha value is -2.00. The van der Waals surface area contributed by atoms with Crippen molar-refractivity contribution in [1.82, 2.24) is 10.2 Å². The van der Waals surface area contributed by atoms with Gasteiger partial charge in [0.1, 0.15) is 5.01 Å². The maximum Gasteiger partial charge on any atom is 0.335 e. The van der Waals surface area contributed by atoms with E-state index in [-0.39, 0.29) is 16.1 Å². The number of aromatic carboxylic acids is 1. The minimum absolute atomic E-state index is 0.00524. The number of nitro benzene ring substituents is 1. The Morgan fingerprint density at radius 1 is 1.47 bits per heavy atom. The predicted molar refractivity (Wildman–Crippen MR) is 68.8 cm³/mol. The number of rotatable bonds is 4. The highest BCUT2D eigenvalue weighted by atomic mass is 32.2. The zero-order valence-electron chi connectivity index (χ0n) is 9.56. The van der Waals surface area contributed by atoms with E-state index in [9.17, 15) is 14.9 Å². The van der Waals surface area contributed by atoms with Gasteiger partial charge >= 0.3 is 5.97 Å². The molecule has 0 aliphatic heterocycles. The standard InChI is InChI=1S/C10H7N3O4S2/c1-5-11-12-10(18-5)19-8-4-6(9(14)15)2-3-7(8)13(16)17/h2-4H,1H3,(H,14,15). The molecule has 2 rings (SSSR count). The van der Waals surface area contributed by atoms with Crippen molar-refractivity contribution >= 4 is 34.8 Å². The maximum absolute atomic E-state index is 10.9. The minimum Gasteiger partial charge on any atom is -0.478 e. The molecule has 7 nitrogen and oxygen atoms in total. The van der Waals surface area contributed by atoms with Gasteiger partial charge in [0.15, 0.2) is 4.34 Å². The van der Waals surface area contributed by atoms with Crippen LogP contribution in [0.15, 0.2) is 27.4 Å². The summed E-state index contributed by atoms with van der Waals surface area (Å²) in [4.78, 5) is 21.5. The van der Waals surface area contributed by atoms with E-state index in [2.05, 4.69) is 10.2 Å². The Morgan fingerprint density at radius 2 is 2.21 bits per heavy atom. The predicted octanol–water partition coefficient (Wildman–Crippen LogP) is 2.60. The Kier molecular flexibility index (Phi) is 3.76. The van der Waals surface area contributed by atoms with Crippen LogP contribution in [0.2, 0.25) is 0 Å². The van der Waals surface area contributed by atoms with Crippen LogP contribution in [-0.2, 0) is 0 Å². The number of nitrogens with zero attached hydrogens (tertiary/aromatic N) is 3. The van der Waals surface area contributed by atoms with E-state index in [0.29, 0.717) is 4.34 Å². The summed E-state index contributed by atoms with van der Waals surface area (Å²) in [5.41, 5.74) is -0.155. The molecule has 0 saturated carbocycles. The van der Waals surface area contributed by atoms with Crippen molar-refractivity contribution in [2.24, 2.45) is 0 Å². The molecular formula is C10H7N3O4S2. The zero-order chi connectivity index (χ0) is 14.0. The number of benzene rings is 1. The lowest BCUT2D eigenvalue weighted by atomic mass is 10.2. The molecule has 0 amide bonds. The van der Waals surface area contributed by atoms with E-state index in [1.54, 1.807) is 6.92 Å². The number of carbonyl (C=O) groups is 1. The number of hydrogen-bond acceptors (Lipinski definition) is 7. The van der Waals surface area contributed by atoms with Crippen LogP contribution in [0.1, 0.15) is 15.4 Å². The molecular weight excluding hydrogens is 290 g/mol. The highest BCUT2D eigenvalue weighted by molar-refractivity contribution is 8.01. The molecule has 2 aromatic rings. The van der Waals surface area contributed by atoms with Crippen LogP contribution in [0.4, 0.5) is 5.69 Å². The molecule has 9 heteroatoms. The zero-order valence-corrected chi connectivity index (χ0v) is 11.2. The quantitative estimate of drug-likeness (QED) is 0.682. The smallest absolute Gasteiger partial charge is 0.335 e. The highest BCUT2D eigenvalue weighted by Gasteiger charge is 2.19. The summed E-state index contributed by atoms with van der Waals surface area (Å²) in [6.07, 6.45) is 0. The summed E-state index contributed by atoms with van der Waals surface area (Å²) in [6.45, 7) is 1.77. The molecule has 0 unspecified atom stereocenters. The summed E-state index contributed by atoms with van der Waals surface area (Å²) >= 11 is 2.32. The molecule has 1 N–H and O–H groups in total. The first kappa shape index (κ1) is 13.4. The third kappa shape index (κ3) is 3.06. The number of carboxylic acids is 1. The Labute approximate surface area is 115 Å². The molecule has 1 aromatic carbocycles. The average molecular weight is 297 g/mol. The lowest BCUT2D eigenvalue weighted by molar-refractivity contribution is -0.387. The second-order valence-electron chi connectivity index (χ2n) is 3.43. The van der Waals surface area contributed by atoms with Crippen LogP contribution in [0.5, 0.6) is 0 Å². The fraction of sp³-hybridized carbons (Fsp3) is 0.100. The van der Waals surface area contributed by atoms with Gasteiger partial charge in [-0.2, -0.15) is 0 Å². The SMILES string of the molecule is Cc1nnc(Sc2cc(C(=O)O)ccc2[N+](=O)[O-])s1. The van der Waals surface area contributed by atoms with Gasteiger partial charge in [-0.1, -0.05) is 23.1 Å². The summed E-state index contributed by atoms with van der Waals surface area (Å²) in [6, 6.07) is 3.65. The molecule has 0 radical (unpaired) electrons. The Morgan fingerprint density at radius 3 is 2.74 bits per heavy atom. The minimum atomic E-state index is -1.13. The third-order valence-corrected chi connectivity index (χ3v) is 4.04. The number of aryl methyl sites for hydroxylation is 1. The summed E-state index contributed by atoms with van der Waals surface area (Å²) in [5.74, 6) is -1.13. The topological polar surface area (TPSA) is 106 Å². The van der Waals surface area contributed by atoms with Crippen LogP contribution < -0.4 is 0 Å². The van der Waals surface area contributed by atoms with Crippen LogP contribution >= 0.6 is 23.1 Å². The fourth-order valence-electron chi connectivity index (χ4n) is 1.29. The van der Waals surface area contributed by atoms with E-state index < -0.39 is 10.9 Å². The fourth-order valence-corrected chi connectivity index (χ4v) is 3.21. The molecule has 0 aliphatic rings. The van der Waals surface area contributed by atoms with E-state index >= 15 is 0 Å². The van der Waals surface area contributed by atoms with Gasteiger partial charge in [-0.05, 0) is 19.1 Å². The molecule has 0 fully saturated rings. The summed E-state index contributed by atoms with van der Waals surface area (Å²) in [7, 11) is 0. The molecule has 0 aliphatic carbocycles. The van der Waals surface area contributed by atoms with E-state index in [1.807, 2.05) is 0 Å². The van der Waals surface area contributed by atoms with Gasteiger partial charge in [0, 0.05) is 6.07 Å². The lowest BCUT2D eigenvalue weighted by Gasteiger charge is -2.01. The van der Waals surface area contributed by atoms with Gasteiger partial charge in [0.05, 0.1) is 15.4 Å². The number of aromatic nitrogens is 2. The van der Waals surface area contributed by atoms with Crippen molar-refractivity contribution in [3.05, 3.63) is 38.9 Å². The molecule has 19 heavy (non-hydrogen) atoms.